The second kappa shape index (κ2) is 12.8. The van der Waals surface area contributed by atoms with Crippen molar-refractivity contribution in [1.29, 1.82) is 0 Å². The molecule has 0 N–H and O–H groups in total. The minimum absolute atomic E-state index is 0.0428. The first-order chi connectivity index (χ1) is 20.2. The molecule has 0 unspecified atom stereocenters. The predicted molar refractivity (Wildman–Crippen MR) is 159 cm³/mol. The number of aromatic nitrogens is 3. The second-order valence-corrected chi connectivity index (χ2v) is 11.3. The van der Waals surface area contributed by atoms with Crippen molar-refractivity contribution in [1.82, 2.24) is 24.1 Å². The molecule has 42 heavy (non-hydrogen) atoms. The minimum atomic E-state index is -0.865. The van der Waals surface area contributed by atoms with Gasteiger partial charge in [0.25, 0.3) is 11.5 Å². The maximum Gasteiger partial charge on any atom is 0.276 e. The fourth-order valence-electron chi connectivity index (χ4n) is 5.55. The van der Waals surface area contributed by atoms with Crippen LogP contribution in [0.25, 0.3) is 5.69 Å². The summed E-state index contributed by atoms with van der Waals surface area (Å²) in [6, 6.07) is 12.8. The van der Waals surface area contributed by atoms with Gasteiger partial charge in [-0.05, 0) is 62.1 Å². The molecule has 4 aromatic rings. The van der Waals surface area contributed by atoms with Gasteiger partial charge in [0.1, 0.15) is 22.9 Å². The zero-order valence-electron chi connectivity index (χ0n) is 23.4. The molecule has 0 saturated carbocycles. The Morgan fingerprint density at radius 2 is 1.71 bits per heavy atom. The molecule has 1 aliphatic rings. The molecule has 1 amide bonds. The first-order valence-electron chi connectivity index (χ1n) is 13.7. The third-order valence-corrected chi connectivity index (χ3v) is 8.63. The van der Waals surface area contributed by atoms with Crippen LogP contribution in [0.2, 0.25) is 10.0 Å². The number of pyridine rings is 1. The van der Waals surface area contributed by atoms with E-state index < -0.39 is 23.1 Å². The fourth-order valence-corrected chi connectivity index (χ4v) is 5.87. The summed E-state index contributed by atoms with van der Waals surface area (Å²) in [5.74, 6) is -2.38. The molecule has 0 atom stereocenters. The summed E-state index contributed by atoms with van der Waals surface area (Å²) in [7, 11) is 1.81. The van der Waals surface area contributed by atoms with Crippen molar-refractivity contribution in [2.24, 2.45) is 7.05 Å². The van der Waals surface area contributed by atoms with E-state index in [2.05, 4.69) is 9.88 Å². The normalized spacial score (nSPS) is 14.1. The van der Waals surface area contributed by atoms with Crippen LogP contribution in [0.3, 0.4) is 0 Å². The number of amides is 1. The van der Waals surface area contributed by atoms with Crippen LogP contribution in [0.4, 0.5) is 8.78 Å². The summed E-state index contributed by atoms with van der Waals surface area (Å²) in [6.45, 7) is 3.64. The first kappa shape index (κ1) is 29.9. The number of halogens is 4. The summed E-state index contributed by atoms with van der Waals surface area (Å²) in [5.41, 5.74) is 2.35. The van der Waals surface area contributed by atoms with Gasteiger partial charge in [0.05, 0.1) is 16.8 Å². The highest BCUT2D eigenvalue weighted by atomic mass is 35.5. The monoisotopic (exact) mass is 613 g/mol. The third-order valence-electron chi connectivity index (χ3n) is 8.06. The highest BCUT2D eigenvalue weighted by Crippen LogP contribution is 2.25. The molecular weight excluding hydrogens is 583 g/mol. The molecule has 2 aromatic heterocycles. The Kier molecular flexibility index (Phi) is 9.11. The minimum Gasteiger partial charge on any atom is -0.338 e. The summed E-state index contributed by atoms with van der Waals surface area (Å²) >= 11 is 12.5. The first-order valence-corrected chi connectivity index (χ1v) is 14.5. The summed E-state index contributed by atoms with van der Waals surface area (Å²) < 4.78 is 31.9. The maximum atomic E-state index is 14.3. The summed E-state index contributed by atoms with van der Waals surface area (Å²) in [5, 5.41) is 1.08. The lowest BCUT2D eigenvalue weighted by molar-refractivity contribution is 0.0599. The maximum absolute atomic E-state index is 14.3. The van der Waals surface area contributed by atoms with Gasteiger partial charge in [-0.2, -0.15) is 0 Å². The standard InChI is InChI=1S/C31H31Cl2F2N5O2/c1-20-24(30(41)40(37(20)2)28-18-36-14-10-25(28)33)19-39(15-11-21-6-8-22(32)9-7-21)23-12-16-38(17-13-23)31(42)29-26(34)4-3-5-27(29)35/h3-10,14,18,23H,11-13,15-17,19H2,1-2H3. The number of hydrogen-bond acceptors (Lipinski definition) is 4. The van der Waals surface area contributed by atoms with Gasteiger partial charge in [-0.15, -0.1) is 0 Å². The fraction of sp³-hybridized carbons (Fsp3) is 0.323. The Hall–Kier alpha value is -3.53. The molecule has 5 rings (SSSR count). The van der Waals surface area contributed by atoms with Gasteiger partial charge in [0, 0.05) is 56.2 Å². The van der Waals surface area contributed by atoms with Gasteiger partial charge < -0.3 is 4.90 Å². The third kappa shape index (κ3) is 6.14. The van der Waals surface area contributed by atoms with Crippen molar-refractivity contribution in [2.75, 3.05) is 19.6 Å². The number of nitrogens with zero attached hydrogens (tertiary/aromatic N) is 5. The summed E-state index contributed by atoms with van der Waals surface area (Å²) in [6.07, 6.45) is 5.05. The SMILES string of the molecule is Cc1c(CN(CCc2ccc(Cl)cc2)C2CCN(C(=O)c3c(F)cccc3F)CC2)c(=O)n(-c2cnccc2Cl)n1C. The van der Waals surface area contributed by atoms with Gasteiger partial charge in [-0.3, -0.25) is 24.2 Å². The molecule has 0 spiro atoms. The van der Waals surface area contributed by atoms with Crippen molar-refractivity contribution >= 4 is 29.1 Å². The van der Waals surface area contributed by atoms with Crippen LogP contribution in [-0.2, 0) is 20.0 Å². The number of hydrogen-bond donors (Lipinski definition) is 0. The van der Waals surface area contributed by atoms with Gasteiger partial charge in [0.2, 0.25) is 0 Å². The van der Waals surface area contributed by atoms with Crippen molar-refractivity contribution in [2.45, 2.75) is 38.8 Å². The molecule has 2 aromatic carbocycles. The van der Waals surface area contributed by atoms with Crippen LogP contribution in [0, 0.1) is 18.6 Å². The highest BCUT2D eigenvalue weighted by molar-refractivity contribution is 6.32. The van der Waals surface area contributed by atoms with E-state index in [9.17, 15) is 18.4 Å². The number of benzene rings is 2. The van der Waals surface area contributed by atoms with Crippen molar-refractivity contribution in [3.05, 3.63) is 115 Å². The average Bonchev–Trinajstić information content (AvgIpc) is 3.19. The highest BCUT2D eigenvalue weighted by Gasteiger charge is 2.31. The van der Waals surface area contributed by atoms with Crippen LogP contribution in [0.15, 0.2) is 65.7 Å². The van der Waals surface area contributed by atoms with Gasteiger partial charge in [0.15, 0.2) is 0 Å². The van der Waals surface area contributed by atoms with E-state index in [1.54, 1.807) is 23.1 Å². The Morgan fingerprint density at radius 1 is 1.05 bits per heavy atom. The number of likely N-dealkylation sites (tertiary alicyclic amines) is 1. The van der Waals surface area contributed by atoms with Gasteiger partial charge in [-0.1, -0.05) is 41.4 Å². The number of rotatable bonds is 8. The molecule has 1 fully saturated rings. The molecule has 0 bridgehead atoms. The Balaban J connectivity index is 1.39. The molecule has 0 aliphatic carbocycles. The average molecular weight is 615 g/mol. The van der Waals surface area contributed by atoms with E-state index in [1.807, 2.05) is 38.2 Å². The zero-order chi connectivity index (χ0) is 30.0. The van der Waals surface area contributed by atoms with E-state index >= 15 is 0 Å². The van der Waals surface area contributed by atoms with Crippen molar-refractivity contribution < 1.29 is 13.6 Å². The van der Waals surface area contributed by atoms with E-state index in [0.29, 0.717) is 60.3 Å². The molecule has 3 heterocycles. The van der Waals surface area contributed by atoms with Crippen LogP contribution in [-0.4, -0.2) is 55.7 Å². The van der Waals surface area contributed by atoms with Crippen LogP contribution in [0.1, 0.15) is 40.0 Å². The van der Waals surface area contributed by atoms with E-state index in [4.69, 9.17) is 23.2 Å². The van der Waals surface area contributed by atoms with E-state index in [0.717, 1.165) is 29.8 Å². The van der Waals surface area contributed by atoms with E-state index in [1.165, 1.54) is 15.6 Å². The lowest BCUT2D eigenvalue weighted by Gasteiger charge is -2.38. The number of carbonyl (C=O) groups excluding carboxylic acids is 1. The molecule has 1 aliphatic heterocycles. The molecule has 0 radical (unpaired) electrons. The lowest BCUT2D eigenvalue weighted by Crippen LogP contribution is -2.47. The second-order valence-electron chi connectivity index (χ2n) is 10.5. The molecule has 11 heteroatoms. The zero-order valence-corrected chi connectivity index (χ0v) is 24.9. The van der Waals surface area contributed by atoms with Crippen molar-refractivity contribution in [3.63, 3.8) is 0 Å². The molecular formula is C31H31Cl2F2N5O2. The smallest absolute Gasteiger partial charge is 0.276 e. The van der Waals surface area contributed by atoms with Gasteiger partial charge >= 0.3 is 0 Å². The van der Waals surface area contributed by atoms with Crippen molar-refractivity contribution in [3.8, 4) is 5.69 Å². The van der Waals surface area contributed by atoms with Crippen LogP contribution >= 0.6 is 23.2 Å². The topological polar surface area (TPSA) is 63.4 Å². The molecule has 1 saturated heterocycles. The van der Waals surface area contributed by atoms with Gasteiger partial charge in [-0.25, -0.2) is 13.5 Å². The quantitative estimate of drug-likeness (QED) is 0.251. The Morgan fingerprint density at radius 3 is 2.36 bits per heavy atom. The predicted octanol–water partition coefficient (Wildman–Crippen LogP) is 5.81. The van der Waals surface area contributed by atoms with Crippen LogP contribution in [0.5, 0.6) is 0 Å². The summed E-state index contributed by atoms with van der Waals surface area (Å²) in [4.78, 5) is 34.7. The largest absolute Gasteiger partial charge is 0.338 e. The molecule has 220 valence electrons. The number of piperidine rings is 1. The Bertz CT molecular complexity index is 1630. The Labute approximate surface area is 252 Å². The molecule has 7 nitrogen and oxygen atoms in total. The number of carbonyl (C=O) groups is 1. The van der Waals surface area contributed by atoms with Crippen LogP contribution < -0.4 is 5.56 Å². The van der Waals surface area contributed by atoms with E-state index in [-0.39, 0.29) is 11.6 Å². The lowest BCUT2D eigenvalue weighted by atomic mass is 10.00.